The summed E-state index contributed by atoms with van der Waals surface area (Å²) in [5, 5.41) is 7.71. The van der Waals surface area contributed by atoms with Gasteiger partial charge in [-0.05, 0) is 26.8 Å². The van der Waals surface area contributed by atoms with Gasteiger partial charge in [0.2, 0.25) is 5.95 Å². The van der Waals surface area contributed by atoms with Gasteiger partial charge in [0.15, 0.2) is 16.5 Å². The second-order valence-electron chi connectivity index (χ2n) is 9.69. The van der Waals surface area contributed by atoms with Crippen molar-refractivity contribution >= 4 is 33.2 Å². The molecule has 1 aromatic heterocycles. The molecule has 0 radical (unpaired) electrons. The summed E-state index contributed by atoms with van der Waals surface area (Å²) in [6.07, 6.45) is 3.14. The fourth-order valence-corrected chi connectivity index (χ4v) is 4.95. The lowest BCUT2D eigenvalue weighted by Gasteiger charge is -2.28. The lowest BCUT2D eigenvalue weighted by Crippen LogP contribution is -2.35. The van der Waals surface area contributed by atoms with E-state index >= 15 is 0 Å². The summed E-state index contributed by atoms with van der Waals surface area (Å²) in [5.41, 5.74) is 0.906. The number of halogens is 2. The van der Waals surface area contributed by atoms with Crippen LogP contribution in [-0.4, -0.2) is 54.1 Å². The molecular weight excluding hydrogens is 448 g/mol. The van der Waals surface area contributed by atoms with E-state index in [2.05, 4.69) is 20.6 Å². The Morgan fingerprint density at radius 2 is 1.91 bits per heavy atom. The smallest absolute Gasteiger partial charge is 0.266 e. The Labute approximate surface area is 195 Å². The van der Waals surface area contributed by atoms with E-state index in [1.54, 1.807) is 24.5 Å². The van der Waals surface area contributed by atoms with Crippen molar-refractivity contribution in [3.05, 3.63) is 29.8 Å². The predicted molar refractivity (Wildman–Crippen MR) is 132 cm³/mol. The largest absolute Gasteiger partial charge is 0.382 e. The predicted octanol–water partition coefficient (Wildman–Crippen LogP) is 3.57. The fourth-order valence-electron chi connectivity index (χ4n) is 3.78. The zero-order valence-electron chi connectivity index (χ0n) is 20.1. The van der Waals surface area contributed by atoms with Crippen molar-refractivity contribution in [3.63, 3.8) is 0 Å². The molecule has 2 aromatic rings. The van der Waals surface area contributed by atoms with E-state index in [1.807, 2.05) is 45.0 Å². The number of nitrogens with one attached hydrogen (secondary N) is 2. The standard InChI is InChI=1S/C22H34F2N7OS/c1-21(2,3)29-20-27-18(30-12-11-22(23,24)14-30)17(26-4)19(28-20)31(25)13-15-9-7-8-10-16(15)33(5,6)32/h7-10,26H,11-14,25H2,1-6H3,(H,27,28,29)/q+1. The van der Waals surface area contributed by atoms with Gasteiger partial charge in [0.05, 0.1) is 13.1 Å². The minimum Gasteiger partial charge on any atom is -0.382 e. The maximum Gasteiger partial charge on any atom is 0.266 e. The van der Waals surface area contributed by atoms with Crippen LogP contribution >= 0.6 is 0 Å². The van der Waals surface area contributed by atoms with Gasteiger partial charge in [-0.3, -0.25) is 5.01 Å². The van der Waals surface area contributed by atoms with Gasteiger partial charge in [-0.15, -0.1) is 4.21 Å². The first-order valence-corrected chi connectivity index (χ1v) is 13.1. The van der Waals surface area contributed by atoms with Crippen molar-refractivity contribution in [2.75, 3.05) is 53.2 Å². The average molecular weight is 483 g/mol. The molecule has 0 unspecified atom stereocenters. The Bertz CT molecular complexity index is 1050. The van der Waals surface area contributed by atoms with E-state index in [0.717, 1.165) is 5.56 Å². The number of nitrogens with zero attached hydrogens (tertiary/aromatic N) is 4. The van der Waals surface area contributed by atoms with E-state index in [9.17, 15) is 13.0 Å². The summed E-state index contributed by atoms with van der Waals surface area (Å²) >= 11 is 0. The van der Waals surface area contributed by atoms with Crippen molar-refractivity contribution in [2.24, 2.45) is 5.84 Å². The molecule has 1 aliphatic rings. The Kier molecular flexibility index (Phi) is 6.86. The van der Waals surface area contributed by atoms with Gasteiger partial charge in [-0.2, -0.15) is 9.97 Å². The van der Waals surface area contributed by atoms with E-state index in [4.69, 9.17) is 5.84 Å². The number of hydrogen-bond acceptors (Lipinski definition) is 8. The average Bonchev–Trinajstić information content (AvgIpc) is 3.05. The van der Waals surface area contributed by atoms with Crippen molar-refractivity contribution in [2.45, 2.75) is 50.1 Å². The first kappa shape index (κ1) is 25.1. The Hall–Kier alpha value is -2.53. The number of rotatable bonds is 7. The Balaban J connectivity index is 2.07. The van der Waals surface area contributed by atoms with Gasteiger partial charge >= 0.3 is 0 Å². The van der Waals surface area contributed by atoms with Crippen molar-refractivity contribution in [3.8, 4) is 0 Å². The number of hydrazine groups is 1. The molecule has 0 atom stereocenters. The minimum absolute atomic E-state index is 0.175. The SMILES string of the molecule is CNc1c(N(N)Cc2ccccc2[S+](C)(C)=O)nc(NC(C)(C)C)nc1N1CCC(F)(F)C1. The van der Waals surface area contributed by atoms with Gasteiger partial charge < -0.3 is 15.5 Å². The highest BCUT2D eigenvalue weighted by Crippen LogP contribution is 2.38. The second kappa shape index (κ2) is 9.02. The van der Waals surface area contributed by atoms with Crippen LogP contribution in [0.25, 0.3) is 0 Å². The van der Waals surface area contributed by atoms with Crippen LogP contribution in [0.5, 0.6) is 0 Å². The molecular formula is C22H34F2N7OS+. The fraction of sp³-hybridized carbons (Fsp3) is 0.545. The summed E-state index contributed by atoms with van der Waals surface area (Å²) in [7, 11) is -0.544. The Morgan fingerprint density at radius 3 is 2.45 bits per heavy atom. The third-order valence-corrected chi connectivity index (χ3v) is 6.65. The highest BCUT2D eigenvalue weighted by atomic mass is 32.2. The van der Waals surface area contributed by atoms with Gasteiger partial charge in [-0.25, -0.2) is 14.6 Å². The number of aromatic nitrogens is 2. The molecule has 1 aromatic carbocycles. The lowest BCUT2D eigenvalue weighted by molar-refractivity contribution is 0.0257. The van der Waals surface area contributed by atoms with Crippen LogP contribution in [0, 0.1) is 0 Å². The van der Waals surface area contributed by atoms with Crippen molar-refractivity contribution in [1.82, 2.24) is 9.97 Å². The molecule has 1 saturated heterocycles. The summed E-state index contributed by atoms with van der Waals surface area (Å²) in [5.74, 6) is 4.72. The molecule has 8 nitrogen and oxygen atoms in total. The highest BCUT2D eigenvalue weighted by molar-refractivity contribution is 8.01. The number of nitrogens with two attached hydrogens (primary N) is 1. The monoisotopic (exact) mass is 482 g/mol. The molecule has 1 aliphatic heterocycles. The van der Waals surface area contributed by atoms with E-state index < -0.39 is 22.4 Å². The Morgan fingerprint density at radius 1 is 1.24 bits per heavy atom. The lowest BCUT2D eigenvalue weighted by atomic mass is 10.1. The summed E-state index contributed by atoms with van der Waals surface area (Å²) in [4.78, 5) is 11.4. The topological polar surface area (TPSA) is 99.4 Å². The quantitative estimate of drug-likeness (QED) is 0.313. The van der Waals surface area contributed by atoms with Gasteiger partial charge in [0.25, 0.3) is 5.92 Å². The van der Waals surface area contributed by atoms with Crippen LogP contribution in [0.3, 0.4) is 0 Å². The number of alkyl halides is 2. The maximum absolute atomic E-state index is 14.0. The molecule has 1 fully saturated rings. The van der Waals surface area contributed by atoms with Crippen molar-refractivity contribution < 1.29 is 13.0 Å². The third kappa shape index (κ3) is 6.08. The molecule has 0 amide bonds. The normalized spacial score (nSPS) is 16.1. The third-order valence-electron chi connectivity index (χ3n) is 5.19. The van der Waals surface area contributed by atoms with E-state index in [-0.39, 0.29) is 25.0 Å². The number of hydrogen-bond donors (Lipinski definition) is 3. The first-order chi connectivity index (χ1) is 15.2. The van der Waals surface area contributed by atoms with Crippen LogP contribution in [0.15, 0.2) is 29.2 Å². The van der Waals surface area contributed by atoms with E-state index in [1.165, 1.54) is 5.01 Å². The van der Waals surface area contributed by atoms with Gasteiger partial charge in [0.1, 0.15) is 28.1 Å². The second-order valence-corrected chi connectivity index (χ2v) is 12.6. The molecule has 0 bridgehead atoms. The molecule has 2 heterocycles. The first-order valence-electron chi connectivity index (χ1n) is 10.8. The summed E-state index contributed by atoms with van der Waals surface area (Å²) < 4.78 is 40.8. The highest BCUT2D eigenvalue weighted by Gasteiger charge is 2.40. The minimum atomic E-state index is -2.78. The van der Waals surface area contributed by atoms with Crippen LogP contribution in [0.1, 0.15) is 32.8 Å². The molecule has 0 saturated carbocycles. The molecule has 4 N–H and O–H groups in total. The van der Waals surface area contributed by atoms with Crippen LogP contribution in [0.2, 0.25) is 0 Å². The summed E-state index contributed by atoms with van der Waals surface area (Å²) in [6, 6.07) is 7.40. The molecule has 182 valence electrons. The molecule has 0 aliphatic carbocycles. The summed E-state index contributed by atoms with van der Waals surface area (Å²) in [6.45, 7) is 5.86. The van der Waals surface area contributed by atoms with Crippen LogP contribution in [0.4, 0.5) is 32.1 Å². The molecule has 3 rings (SSSR count). The number of anilines is 4. The zero-order valence-corrected chi connectivity index (χ0v) is 20.9. The van der Waals surface area contributed by atoms with Crippen LogP contribution in [-0.2, 0) is 20.7 Å². The van der Waals surface area contributed by atoms with E-state index in [0.29, 0.717) is 28.2 Å². The van der Waals surface area contributed by atoms with Crippen molar-refractivity contribution in [1.29, 1.82) is 0 Å². The number of benzene rings is 1. The van der Waals surface area contributed by atoms with Crippen LogP contribution < -0.4 is 26.4 Å². The maximum atomic E-state index is 14.0. The molecule has 11 heteroatoms. The molecule has 33 heavy (non-hydrogen) atoms. The van der Waals surface area contributed by atoms with Gasteiger partial charge in [-0.1, -0.05) is 18.2 Å². The molecule has 0 spiro atoms. The van der Waals surface area contributed by atoms with Gasteiger partial charge in [0, 0.05) is 31.1 Å². The zero-order chi connectivity index (χ0) is 24.6.